The summed E-state index contributed by atoms with van der Waals surface area (Å²) in [4.78, 5) is 22.8. The maximum absolute atomic E-state index is 12.5. The molecular weight excluding hydrogens is 555 g/mol. The summed E-state index contributed by atoms with van der Waals surface area (Å²) in [5.74, 6) is -0.166. The molecule has 0 atom stereocenters. The predicted octanol–water partition coefficient (Wildman–Crippen LogP) is 4.80. The summed E-state index contributed by atoms with van der Waals surface area (Å²) in [7, 11) is -2.46. The van der Waals surface area contributed by atoms with Crippen LogP contribution < -0.4 is 20.5 Å². The monoisotopic (exact) mass is 579 g/mol. The summed E-state index contributed by atoms with van der Waals surface area (Å²) in [5.41, 5.74) is 15.2. The van der Waals surface area contributed by atoms with Gasteiger partial charge in [-0.3, -0.25) is 19.0 Å². The molecule has 42 heavy (non-hydrogen) atoms. The van der Waals surface area contributed by atoms with E-state index in [9.17, 15) is 14.2 Å². The number of hydrogen-bond donors (Lipinski definition) is 2. The molecular formula is C30H24N6O5P+. The molecule has 0 unspecified atom stereocenters. The summed E-state index contributed by atoms with van der Waals surface area (Å²) in [6, 6.07) is 24.7. The lowest BCUT2D eigenvalue weighted by Crippen LogP contribution is -2.10. The van der Waals surface area contributed by atoms with Crippen LogP contribution >= 0.6 is 8.25 Å². The van der Waals surface area contributed by atoms with E-state index >= 15 is 0 Å². The first kappa shape index (κ1) is 26.7. The van der Waals surface area contributed by atoms with Gasteiger partial charge >= 0.3 is 8.25 Å². The minimum atomic E-state index is -2.46. The van der Waals surface area contributed by atoms with E-state index in [0.717, 1.165) is 32.9 Å². The number of hydrogen-bond acceptors (Lipinski definition) is 7. The average molecular weight is 580 g/mol. The smallest absolute Gasteiger partial charge is 0.366 e. The molecule has 0 aliphatic rings. The van der Waals surface area contributed by atoms with Crippen LogP contribution in [0.25, 0.3) is 21.8 Å². The van der Waals surface area contributed by atoms with Crippen molar-refractivity contribution in [3.63, 3.8) is 0 Å². The maximum atomic E-state index is 12.5. The van der Waals surface area contributed by atoms with Crippen LogP contribution in [0.2, 0.25) is 0 Å². The SMILES string of the molecule is NC(=O)c1ccc2c(cnn2Cc2ccc(O[P+](=O)Oc3ccc(Cn4ncc5cc(C(N)=O)ccc54)cc3)cc2)c1. The third kappa shape index (κ3) is 5.67. The van der Waals surface area contributed by atoms with Gasteiger partial charge in [-0.05, 0) is 71.8 Å². The summed E-state index contributed by atoms with van der Waals surface area (Å²) < 4.78 is 27.1. The van der Waals surface area contributed by atoms with Gasteiger partial charge in [0.1, 0.15) is 0 Å². The van der Waals surface area contributed by atoms with E-state index in [2.05, 4.69) is 10.2 Å². The van der Waals surface area contributed by atoms with Gasteiger partial charge in [-0.2, -0.15) is 10.2 Å². The summed E-state index contributed by atoms with van der Waals surface area (Å²) in [6.45, 7) is 0.995. The molecule has 208 valence electrons. The van der Waals surface area contributed by atoms with Crippen molar-refractivity contribution in [2.45, 2.75) is 13.1 Å². The van der Waals surface area contributed by atoms with Crippen LogP contribution in [0.5, 0.6) is 11.5 Å². The average Bonchev–Trinajstić information content (AvgIpc) is 3.58. The molecule has 0 aliphatic carbocycles. The van der Waals surface area contributed by atoms with Gasteiger partial charge in [0.2, 0.25) is 11.8 Å². The Labute approximate surface area is 240 Å². The highest BCUT2D eigenvalue weighted by Gasteiger charge is 2.24. The van der Waals surface area contributed by atoms with Gasteiger partial charge in [0.05, 0.1) is 36.5 Å². The number of aromatic nitrogens is 4. The number of nitrogens with two attached hydrogens (primary N) is 2. The molecule has 6 aromatic rings. The summed E-state index contributed by atoms with van der Waals surface area (Å²) in [6.07, 6.45) is 3.38. The largest absolute Gasteiger partial charge is 0.805 e. The molecule has 6 rings (SSSR count). The van der Waals surface area contributed by atoms with Crippen LogP contribution in [-0.2, 0) is 17.7 Å². The zero-order valence-electron chi connectivity index (χ0n) is 22.1. The molecule has 0 fully saturated rings. The highest BCUT2D eigenvalue weighted by atomic mass is 31.1. The van der Waals surface area contributed by atoms with Crippen molar-refractivity contribution in [1.29, 1.82) is 0 Å². The minimum Gasteiger partial charge on any atom is -0.366 e. The quantitative estimate of drug-likeness (QED) is 0.221. The molecule has 4 aromatic carbocycles. The molecule has 2 heterocycles. The lowest BCUT2D eigenvalue weighted by Gasteiger charge is -2.05. The summed E-state index contributed by atoms with van der Waals surface area (Å²) in [5, 5.41) is 10.5. The third-order valence-corrected chi connectivity index (χ3v) is 7.44. The highest BCUT2D eigenvalue weighted by molar-refractivity contribution is 7.34. The van der Waals surface area contributed by atoms with E-state index in [1.54, 1.807) is 60.9 Å². The van der Waals surface area contributed by atoms with Gasteiger partial charge < -0.3 is 11.5 Å². The predicted molar refractivity (Wildman–Crippen MR) is 156 cm³/mol. The van der Waals surface area contributed by atoms with Crippen molar-refractivity contribution < 1.29 is 23.2 Å². The van der Waals surface area contributed by atoms with Crippen molar-refractivity contribution in [3.05, 3.63) is 120 Å². The standard InChI is InChI=1S/C30H23N6O5P/c31-29(37)21-5-11-27-23(13-21)15-33-35(27)17-19-1-7-25(8-2-19)40-42(39)41-26-9-3-20(4-10-26)18-36-28-12-6-22(30(32)38)14-24(28)16-34-36/h1-16H,17-18H2,(H3-,31,32,37,38)/p+1. The van der Waals surface area contributed by atoms with E-state index < -0.39 is 20.1 Å². The number of nitrogens with zero attached hydrogens (tertiary/aromatic N) is 4. The molecule has 0 saturated carbocycles. The van der Waals surface area contributed by atoms with Crippen LogP contribution in [-0.4, -0.2) is 31.4 Å². The first-order valence-electron chi connectivity index (χ1n) is 12.8. The normalized spacial score (nSPS) is 11.0. The fourth-order valence-electron chi connectivity index (χ4n) is 4.58. The fourth-order valence-corrected chi connectivity index (χ4v) is 5.21. The van der Waals surface area contributed by atoms with Crippen LogP contribution in [0.1, 0.15) is 31.8 Å². The lowest BCUT2D eigenvalue weighted by atomic mass is 10.1. The molecule has 0 saturated heterocycles. The molecule has 0 bridgehead atoms. The number of fused-ring (bicyclic) bond motifs is 2. The number of rotatable bonds is 10. The Morgan fingerprint density at radius 1 is 0.643 bits per heavy atom. The number of amides is 2. The Bertz CT molecular complexity index is 1820. The van der Waals surface area contributed by atoms with Crippen molar-refractivity contribution in [1.82, 2.24) is 19.6 Å². The van der Waals surface area contributed by atoms with Crippen LogP contribution in [0.15, 0.2) is 97.3 Å². The number of benzene rings is 4. The van der Waals surface area contributed by atoms with E-state index in [1.165, 1.54) is 0 Å². The first-order valence-corrected chi connectivity index (χ1v) is 13.9. The fraction of sp³-hybridized carbons (Fsp3) is 0.0667. The molecule has 2 amide bonds. The molecule has 12 heteroatoms. The van der Waals surface area contributed by atoms with Crippen molar-refractivity contribution in [2.75, 3.05) is 0 Å². The van der Waals surface area contributed by atoms with Gasteiger partial charge in [0.15, 0.2) is 11.5 Å². The van der Waals surface area contributed by atoms with Crippen LogP contribution in [0, 0.1) is 0 Å². The zero-order chi connectivity index (χ0) is 29.2. The summed E-state index contributed by atoms with van der Waals surface area (Å²) >= 11 is 0. The second-order valence-corrected chi connectivity index (χ2v) is 10.4. The van der Waals surface area contributed by atoms with E-state index in [-0.39, 0.29) is 0 Å². The Balaban J connectivity index is 1.04. The molecule has 0 spiro atoms. The second-order valence-electron chi connectivity index (χ2n) is 9.57. The van der Waals surface area contributed by atoms with E-state index in [4.69, 9.17) is 20.5 Å². The second kappa shape index (κ2) is 11.1. The molecule has 2 aromatic heterocycles. The van der Waals surface area contributed by atoms with Crippen molar-refractivity contribution >= 4 is 41.9 Å². The van der Waals surface area contributed by atoms with Gasteiger partial charge in [-0.25, -0.2) is 9.05 Å². The number of carbonyl (C=O) groups is 2. The molecule has 0 radical (unpaired) electrons. The molecule has 11 nitrogen and oxygen atoms in total. The minimum absolute atomic E-state index is 0.401. The van der Waals surface area contributed by atoms with Crippen LogP contribution in [0.4, 0.5) is 0 Å². The van der Waals surface area contributed by atoms with Crippen LogP contribution in [0.3, 0.4) is 0 Å². The van der Waals surface area contributed by atoms with E-state index in [0.29, 0.717) is 35.7 Å². The van der Waals surface area contributed by atoms with Gasteiger partial charge in [-0.15, -0.1) is 0 Å². The number of carbonyl (C=O) groups excluding carboxylic acids is 2. The molecule has 4 N–H and O–H groups in total. The first-order chi connectivity index (χ1) is 20.3. The Hall–Kier alpha value is -5.54. The number of primary amides is 2. The Kier molecular flexibility index (Phi) is 7.08. The molecule has 0 aliphatic heterocycles. The van der Waals surface area contributed by atoms with Gasteiger partial charge in [0, 0.05) is 26.5 Å². The van der Waals surface area contributed by atoms with E-state index in [1.807, 2.05) is 45.8 Å². The van der Waals surface area contributed by atoms with Crippen molar-refractivity contribution in [2.24, 2.45) is 11.5 Å². The lowest BCUT2D eigenvalue weighted by molar-refractivity contribution is 0.0992. The third-order valence-electron chi connectivity index (χ3n) is 6.72. The topological polar surface area (TPSA) is 157 Å². The zero-order valence-corrected chi connectivity index (χ0v) is 23.0. The van der Waals surface area contributed by atoms with Gasteiger partial charge in [-0.1, -0.05) is 24.3 Å². The Morgan fingerprint density at radius 2 is 1.05 bits per heavy atom. The highest BCUT2D eigenvalue weighted by Crippen LogP contribution is 2.31. The Morgan fingerprint density at radius 3 is 1.43 bits per heavy atom. The maximum Gasteiger partial charge on any atom is 0.805 e. The van der Waals surface area contributed by atoms with Crippen molar-refractivity contribution in [3.8, 4) is 11.5 Å². The van der Waals surface area contributed by atoms with Gasteiger partial charge in [0.25, 0.3) is 0 Å².